The van der Waals surface area contributed by atoms with Gasteiger partial charge in [0.15, 0.2) is 0 Å². The van der Waals surface area contributed by atoms with Crippen molar-refractivity contribution in [2.45, 2.75) is 31.7 Å². The van der Waals surface area contributed by atoms with Crippen LogP contribution in [-0.2, 0) is 14.8 Å². The van der Waals surface area contributed by atoms with Crippen molar-refractivity contribution in [2.24, 2.45) is 11.3 Å². The number of amides is 1. The predicted octanol–water partition coefficient (Wildman–Crippen LogP) is 0.233. The Kier molecular flexibility index (Phi) is 4.38. The van der Waals surface area contributed by atoms with Crippen molar-refractivity contribution in [1.82, 2.24) is 19.6 Å². The smallest absolute Gasteiger partial charge is 0.229 e. The van der Waals surface area contributed by atoms with Crippen LogP contribution >= 0.6 is 0 Å². The Labute approximate surface area is 154 Å². The molecule has 2 atom stereocenters. The van der Waals surface area contributed by atoms with Gasteiger partial charge in [-0.05, 0) is 37.7 Å². The highest BCUT2D eigenvalue weighted by Gasteiger charge is 2.58. The fourth-order valence-corrected chi connectivity index (χ4v) is 5.10. The first kappa shape index (κ1) is 17.7. The molecule has 26 heavy (non-hydrogen) atoms. The number of nitrogens with one attached hydrogen (secondary N) is 1. The standard InChI is InChI=1S/C17H25N5O3S/c1-26(24,25)21-11-14-17(12-21,15(23)20-10-13-4-5-13)6-2-9-22(14)16-18-7-3-8-19-16/h3,7-8,13-14H,2,4-6,9-12H2,1H3,(H,20,23)/t14-,17-/m0/s1. The molecule has 1 aliphatic carbocycles. The lowest BCUT2D eigenvalue weighted by atomic mass is 9.74. The normalized spacial score (nSPS) is 29.4. The zero-order valence-corrected chi connectivity index (χ0v) is 15.8. The number of rotatable bonds is 5. The zero-order valence-electron chi connectivity index (χ0n) is 15.0. The third kappa shape index (κ3) is 3.18. The van der Waals surface area contributed by atoms with E-state index in [-0.39, 0.29) is 18.5 Å². The van der Waals surface area contributed by atoms with Gasteiger partial charge in [-0.25, -0.2) is 18.4 Å². The van der Waals surface area contributed by atoms with Gasteiger partial charge in [-0.1, -0.05) is 0 Å². The van der Waals surface area contributed by atoms with Crippen molar-refractivity contribution in [1.29, 1.82) is 0 Å². The minimum atomic E-state index is -3.37. The van der Waals surface area contributed by atoms with Crippen LogP contribution in [0.4, 0.5) is 5.95 Å². The van der Waals surface area contributed by atoms with Crippen molar-refractivity contribution in [3.05, 3.63) is 18.5 Å². The second kappa shape index (κ2) is 6.45. The first-order valence-corrected chi connectivity index (χ1v) is 11.0. The second-order valence-corrected chi connectivity index (χ2v) is 9.71. The molecule has 0 radical (unpaired) electrons. The van der Waals surface area contributed by atoms with E-state index < -0.39 is 15.4 Å². The molecule has 142 valence electrons. The molecule has 0 aromatic carbocycles. The van der Waals surface area contributed by atoms with Gasteiger partial charge in [-0.3, -0.25) is 4.79 Å². The fraction of sp³-hybridized carbons (Fsp3) is 0.706. The average Bonchev–Trinajstić information content (AvgIpc) is 3.35. The molecule has 4 rings (SSSR count). The van der Waals surface area contributed by atoms with Crippen molar-refractivity contribution >= 4 is 21.9 Å². The summed E-state index contributed by atoms with van der Waals surface area (Å²) < 4.78 is 25.9. The van der Waals surface area contributed by atoms with Gasteiger partial charge >= 0.3 is 0 Å². The molecule has 1 N–H and O–H groups in total. The summed E-state index contributed by atoms with van der Waals surface area (Å²) in [6, 6.07) is 1.51. The number of nitrogens with zero attached hydrogens (tertiary/aromatic N) is 4. The van der Waals surface area contributed by atoms with E-state index in [0.29, 0.717) is 31.4 Å². The van der Waals surface area contributed by atoms with Crippen LogP contribution in [0.5, 0.6) is 0 Å². The largest absolute Gasteiger partial charge is 0.355 e. The highest BCUT2D eigenvalue weighted by molar-refractivity contribution is 7.88. The minimum absolute atomic E-state index is 0.0267. The van der Waals surface area contributed by atoms with Crippen molar-refractivity contribution < 1.29 is 13.2 Å². The van der Waals surface area contributed by atoms with E-state index in [1.165, 1.54) is 10.6 Å². The average molecular weight is 379 g/mol. The fourth-order valence-electron chi connectivity index (χ4n) is 4.22. The van der Waals surface area contributed by atoms with Crippen molar-refractivity contribution in [2.75, 3.05) is 37.3 Å². The molecule has 3 heterocycles. The molecular weight excluding hydrogens is 354 g/mol. The minimum Gasteiger partial charge on any atom is -0.355 e. The van der Waals surface area contributed by atoms with Gasteiger partial charge in [0.05, 0.1) is 17.7 Å². The highest BCUT2D eigenvalue weighted by atomic mass is 32.2. The summed E-state index contributed by atoms with van der Waals surface area (Å²) in [5.74, 6) is 1.12. The summed E-state index contributed by atoms with van der Waals surface area (Å²) >= 11 is 0. The molecule has 2 aliphatic heterocycles. The van der Waals surface area contributed by atoms with Crippen LogP contribution in [0.1, 0.15) is 25.7 Å². The molecule has 8 nitrogen and oxygen atoms in total. The number of carbonyl (C=O) groups excluding carboxylic acids is 1. The van der Waals surface area contributed by atoms with Gasteiger partial charge in [0.2, 0.25) is 21.9 Å². The molecule has 0 unspecified atom stereocenters. The second-order valence-electron chi connectivity index (χ2n) is 7.73. The van der Waals surface area contributed by atoms with Gasteiger partial charge in [-0.15, -0.1) is 0 Å². The van der Waals surface area contributed by atoms with Crippen LogP contribution < -0.4 is 10.2 Å². The van der Waals surface area contributed by atoms with Crippen LogP contribution in [0, 0.1) is 11.3 Å². The van der Waals surface area contributed by atoms with Gasteiger partial charge in [0.1, 0.15) is 0 Å². The van der Waals surface area contributed by atoms with Crippen LogP contribution in [-0.4, -0.2) is 67.1 Å². The third-order valence-electron chi connectivity index (χ3n) is 5.85. The molecular formula is C17H25N5O3S. The molecule has 1 aromatic rings. The Bertz CT molecular complexity index is 783. The summed E-state index contributed by atoms with van der Waals surface area (Å²) in [6.07, 6.45) is 8.38. The summed E-state index contributed by atoms with van der Waals surface area (Å²) in [7, 11) is -3.37. The summed E-state index contributed by atoms with van der Waals surface area (Å²) in [5, 5.41) is 3.09. The van der Waals surface area contributed by atoms with Gasteiger partial charge in [-0.2, -0.15) is 4.31 Å². The van der Waals surface area contributed by atoms with Crippen LogP contribution in [0.3, 0.4) is 0 Å². The number of hydrogen-bond acceptors (Lipinski definition) is 6. The van der Waals surface area contributed by atoms with Gasteiger partial charge in [0, 0.05) is 38.6 Å². The van der Waals surface area contributed by atoms with E-state index in [1.807, 2.05) is 4.90 Å². The lowest BCUT2D eigenvalue weighted by molar-refractivity contribution is -0.132. The van der Waals surface area contributed by atoms with Crippen LogP contribution in [0.2, 0.25) is 0 Å². The predicted molar refractivity (Wildman–Crippen MR) is 97.0 cm³/mol. The maximum Gasteiger partial charge on any atom is 0.229 e. The molecule has 3 aliphatic rings. The number of fused-ring (bicyclic) bond motifs is 1. The van der Waals surface area contributed by atoms with E-state index in [2.05, 4.69) is 15.3 Å². The maximum absolute atomic E-state index is 13.2. The summed E-state index contributed by atoms with van der Waals surface area (Å²) in [4.78, 5) is 23.9. The number of aromatic nitrogens is 2. The van der Waals surface area contributed by atoms with E-state index in [0.717, 1.165) is 25.8 Å². The number of carbonyl (C=O) groups is 1. The molecule has 1 saturated carbocycles. The molecule has 2 saturated heterocycles. The Balaban J connectivity index is 1.66. The zero-order chi connectivity index (χ0) is 18.4. The summed E-state index contributed by atoms with van der Waals surface area (Å²) in [5.41, 5.74) is -0.741. The number of piperidine rings is 1. The Morgan fingerprint density at radius 3 is 2.73 bits per heavy atom. The molecule has 9 heteroatoms. The van der Waals surface area contributed by atoms with Crippen LogP contribution in [0.15, 0.2) is 18.5 Å². The Morgan fingerprint density at radius 2 is 2.08 bits per heavy atom. The quantitative estimate of drug-likeness (QED) is 0.787. The SMILES string of the molecule is CS(=O)(=O)N1C[C@@H]2N(c3ncccn3)CCC[C@]2(C(=O)NCC2CC2)C1. The number of sulfonamides is 1. The topological polar surface area (TPSA) is 95.5 Å². The van der Waals surface area contributed by atoms with E-state index in [1.54, 1.807) is 18.5 Å². The lowest BCUT2D eigenvalue weighted by Gasteiger charge is -2.44. The van der Waals surface area contributed by atoms with E-state index in [9.17, 15) is 13.2 Å². The Hall–Kier alpha value is -1.74. The highest BCUT2D eigenvalue weighted by Crippen LogP contribution is 2.44. The maximum atomic E-state index is 13.2. The molecule has 0 spiro atoms. The molecule has 0 bridgehead atoms. The lowest BCUT2D eigenvalue weighted by Crippen LogP contribution is -2.59. The third-order valence-corrected chi connectivity index (χ3v) is 7.07. The first-order chi connectivity index (χ1) is 12.4. The van der Waals surface area contributed by atoms with Crippen LogP contribution in [0.25, 0.3) is 0 Å². The molecule has 1 aromatic heterocycles. The molecule has 1 amide bonds. The van der Waals surface area contributed by atoms with E-state index in [4.69, 9.17) is 0 Å². The molecule has 3 fully saturated rings. The van der Waals surface area contributed by atoms with Crippen molar-refractivity contribution in [3.8, 4) is 0 Å². The van der Waals surface area contributed by atoms with Gasteiger partial charge in [0.25, 0.3) is 0 Å². The van der Waals surface area contributed by atoms with E-state index >= 15 is 0 Å². The first-order valence-electron chi connectivity index (χ1n) is 9.17. The number of anilines is 1. The monoisotopic (exact) mass is 379 g/mol. The van der Waals surface area contributed by atoms with Crippen molar-refractivity contribution in [3.63, 3.8) is 0 Å². The van der Waals surface area contributed by atoms with Gasteiger partial charge < -0.3 is 10.2 Å². The number of hydrogen-bond donors (Lipinski definition) is 1. The Morgan fingerprint density at radius 1 is 1.35 bits per heavy atom. The summed E-state index contributed by atoms with van der Waals surface area (Å²) in [6.45, 7) is 1.95.